The minimum atomic E-state index is -0.251. The van der Waals surface area contributed by atoms with Crippen LogP contribution in [0.1, 0.15) is 38.8 Å². The van der Waals surface area contributed by atoms with Gasteiger partial charge in [0.05, 0.1) is 6.10 Å². The maximum atomic E-state index is 9.28. The first-order valence-electron chi connectivity index (χ1n) is 6.27. The third-order valence-electron chi connectivity index (χ3n) is 2.55. The molecule has 0 heterocycles. The van der Waals surface area contributed by atoms with E-state index < -0.39 is 0 Å². The molecule has 1 rings (SSSR count). The lowest BCUT2D eigenvalue weighted by atomic mass is 10.1. The van der Waals surface area contributed by atoms with Gasteiger partial charge in [-0.1, -0.05) is 19.1 Å². The quantitative estimate of drug-likeness (QED) is 0.732. The molecule has 2 nitrogen and oxygen atoms in total. The van der Waals surface area contributed by atoms with Crippen molar-refractivity contribution in [2.24, 2.45) is 0 Å². The zero-order valence-corrected chi connectivity index (χ0v) is 11.8. The number of thioether (sulfide) groups is 1. The molecule has 3 heteroatoms. The molecule has 1 aromatic carbocycles. The third kappa shape index (κ3) is 5.57. The number of hydrogen-bond acceptors (Lipinski definition) is 3. The summed E-state index contributed by atoms with van der Waals surface area (Å²) in [5.74, 6) is 0.750. The summed E-state index contributed by atoms with van der Waals surface area (Å²) < 4.78 is 0. The number of nitrogens with one attached hydrogen (secondary N) is 1. The van der Waals surface area contributed by atoms with Gasteiger partial charge >= 0.3 is 0 Å². The van der Waals surface area contributed by atoms with Crippen molar-refractivity contribution >= 4 is 11.8 Å². The summed E-state index contributed by atoms with van der Waals surface area (Å²) in [6.07, 6.45) is 0.903. The van der Waals surface area contributed by atoms with Gasteiger partial charge in [-0.25, -0.2) is 0 Å². The van der Waals surface area contributed by atoms with Crippen LogP contribution in [0.15, 0.2) is 29.2 Å². The highest BCUT2D eigenvalue weighted by Gasteiger charge is 2.05. The van der Waals surface area contributed by atoms with E-state index in [1.54, 1.807) is 11.8 Å². The molecule has 0 saturated heterocycles. The van der Waals surface area contributed by atoms with Gasteiger partial charge in [0.15, 0.2) is 0 Å². The molecule has 0 fully saturated rings. The molecule has 0 radical (unpaired) electrons. The second-order valence-corrected chi connectivity index (χ2v) is 5.50. The van der Waals surface area contributed by atoms with E-state index in [1.165, 1.54) is 10.5 Å². The van der Waals surface area contributed by atoms with Crippen LogP contribution in [-0.2, 0) is 0 Å². The lowest BCUT2D eigenvalue weighted by Crippen LogP contribution is -2.19. The molecular weight excluding hydrogens is 230 g/mol. The Bertz CT molecular complexity index is 328. The monoisotopic (exact) mass is 253 g/mol. The van der Waals surface area contributed by atoms with Crippen LogP contribution >= 0.6 is 11.8 Å². The molecule has 2 unspecified atom stereocenters. The first kappa shape index (κ1) is 14.6. The molecule has 0 spiro atoms. The van der Waals surface area contributed by atoms with E-state index >= 15 is 0 Å². The lowest BCUT2D eigenvalue weighted by molar-refractivity contribution is 0.220. The van der Waals surface area contributed by atoms with E-state index in [9.17, 15) is 5.11 Å². The molecular formula is C14H23NOS. The summed E-state index contributed by atoms with van der Waals surface area (Å²) in [5, 5.41) is 12.8. The largest absolute Gasteiger partial charge is 0.393 e. The fourth-order valence-electron chi connectivity index (χ4n) is 1.57. The molecule has 0 saturated carbocycles. The van der Waals surface area contributed by atoms with E-state index in [2.05, 4.69) is 43.4 Å². The predicted octanol–water partition coefficient (Wildman–Crippen LogP) is 3.22. The zero-order chi connectivity index (χ0) is 12.7. The van der Waals surface area contributed by atoms with Crippen LogP contribution in [0.5, 0.6) is 0 Å². The fourth-order valence-corrected chi connectivity index (χ4v) is 2.40. The average Bonchev–Trinajstić information content (AvgIpc) is 2.33. The molecule has 2 N–H and O–H groups in total. The minimum Gasteiger partial charge on any atom is -0.393 e. The fraction of sp³-hybridized carbons (Fsp3) is 0.571. The molecule has 96 valence electrons. The van der Waals surface area contributed by atoms with Gasteiger partial charge in [0.2, 0.25) is 0 Å². The van der Waals surface area contributed by atoms with Gasteiger partial charge < -0.3 is 10.4 Å². The second-order valence-electron chi connectivity index (χ2n) is 4.41. The Balaban J connectivity index is 2.58. The van der Waals surface area contributed by atoms with Gasteiger partial charge in [-0.2, -0.15) is 0 Å². The van der Waals surface area contributed by atoms with Crippen LogP contribution in [0.3, 0.4) is 0 Å². The Labute approximate surface area is 109 Å². The standard InChI is InChI=1S/C14H23NOS/c1-4-8-15-12(3)13-6-5-7-14(9-13)17-10-11(2)16/h5-7,9,11-12,15-16H,4,8,10H2,1-3H3. The minimum absolute atomic E-state index is 0.251. The third-order valence-corrected chi connectivity index (χ3v) is 3.79. The first-order chi connectivity index (χ1) is 8.13. The molecule has 0 aliphatic carbocycles. The Hall–Kier alpha value is -0.510. The number of rotatable bonds is 7. The van der Waals surface area contributed by atoms with E-state index in [4.69, 9.17) is 0 Å². The molecule has 0 aromatic heterocycles. The van der Waals surface area contributed by atoms with Crippen LogP contribution in [-0.4, -0.2) is 23.5 Å². The highest BCUT2D eigenvalue weighted by molar-refractivity contribution is 7.99. The Morgan fingerprint density at radius 2 is 2.12 bits per heavy atom. The molecule has 0 aliphatic heterocycles. The summed E-state index contributed by atoms with van der Waals surface area (Å²) >= 11 is 1.71. The molecule has 2 atom stereocenters. The number of benzene rings is 1. The van der Waals surface area contributed by atoms with E-state index in [0.717, 1.165) is 18.7 Å². The number of aliphatic hydroxyl groups is 1. The molecule has 0 aliphatic rings. The van der Waals surface area contributed by atoms with E-state index in [1.807, 2.05) is 6.92 Å². The Kier molecular flexibility index (Phi) is 6.63. The predicted molar refractivity (Wildman–Crippen MR) is 75.6 cm³/mol. The molecule has 0 amide bonds. The first-order valence-corrected chi connectivity index (χ1v) is 7.26. The van der Waals surface area contributed by atoms with Crippen molar-refractivity contribution in [1.82, 2.24) is 5.32 Å². The van der Waals surface area contributed by atoms with Gasteiger partial charge in [-0.3, -0.25) is 0 Å². The topological polar surface area (TPSA) is 32.3 Å². The summed E-state index contributed by atoms with van der Waals surface area (Å²) in [7, 11) is 0. The van der Waals surface area contributed by atoms with Gasteiger partial charge in [-0.15, -0.1) is 11.8 Å². The maximum Gasteiger partial charge on any atom is 0.0606 e. The zero-order valence-electron chi connectivity index (χ0n) is 10.9. The van der Waals surface area contributed by atoms with Gasteiger partial charge in [0.1, 0.15) is 0 Å². The van der Waals surface area contributed by atoms with Crippen molar-refractivity contribution in [1.29, 1.82) is 0 Å². The van der Waals surface area contributed by atoms with Crippen molar-refractivity contribution in [2.45, 2.75) is 44.2 Å². The average molecular weight is 253 g/mol. The SMILES string of the molecule is CCCNC(C)c1cccc(SCC(C)O)c1. The summed E-state index contributed by atoms with van der Waals surface area (Å²) in [6, 6.07) is 8.94. The maximum absolute atomic E-state index is 9.28. The second kappa shape index (κ2) is 7.75. The Morgan fingerprint density at radius 1 is 1.35 bits per heavy atom. The van der Waals surface area contributed by atoms with E-state index in [-0.39, 0.29) is 6.10 Å². The normalized spacial score (nSPS) is 14.6. The molecule has 0 bridgehead atoms. The van der Waals surface area contributed by atoms with Crippen LogP contribution in [0.2, 0.25) is 0 Å². The van der Waals surface area contributed by atoms with Crippen molar-refractivity contribution in [3.63, 3.8) is 0 Å². The number of hydrogen-bond donors (Lipinski definition) is 2. The number of aliphatic hydroxyl groups excluding tert-OH is 1. The van der Waals surface area contributed by atoms with Crippen molar-refractivity contribution in [2.75, 3.05) is 12.3 Å². The van der Waals surface area contributed by atoms with Gasteiger partial charge in [-0.05, 0) is 44.5 Å². The van der Waals surface area contributed by atoms with Crippen molar-refractivity contribution in [3.05, 3.63) is 29.8 Å². The lowest BCUT2D eigenvalue weighted by Gasteiger charge is -2.14. The molecule has 1 aromatic rings. The van der Waals surface area contributed by atoms with Crippen molar-refractivity contribution in [3.8, 4) is 0 Å². The molecule has 17 heavy (non-hydrogen) atoms. The van der Waals surface area contributed by atoms with Crippen LogP contribution in [0.4, 0.5) is 0 Å². The Morgan fingerprint density at radius 3 is 2.76 bits per heavy atom. The van der Waals surface area contributed by atoms with Crippen molar-refractivity contribution < 1.29 is 5.11 Å². The summed E-state index contributed by atoms with van der Waals surface area (Å²) in [5.41, 5.74) is 1.31. The van der Waals surface area contributed by atoms with Crippen LogP contribution < -0.4 is 5.32 Å². The highest BCUT2D eigenvalue weighted by Crippen LogP contribution is 2.22. The van der Waals surface area contributed by atoms with E-state index in [0.29, 0.717) is 6.04 Å². The van der Waals surface area contributed by atoms with Gasteiger partial charge in [0.25, 0.3) is 0 Å². The van der Waals surface area contributed by atoms with Crippen LogP contribution in [0, 0.1) is 0 Å². The smallest absolute Gasteiger partial charge is 0.0606 e. The summed E-state index contributed by atoms with van der Waals surface area (Å²) in [4.78, 5) is 1.23. The van der Waals surface area contributed by atoms with Crippen LogP contribution in [0.25, 0.3) is 0 Å². The summed E-state index contributed by atoms with van der Waals surface area (Å²) in [6.45, 7) is 7.23. The van der Waals surface area contributed by atoms with Gasteiger partial charge in [0, 0.05) is 16.7 Å². The highest BCUT2D eigenvalue weighted by atomic mass is 32.2.